The lowest BCUT2D eigenvalue weighted by molar-refractivity contribution is 0.0953. The highest BCUT2D eigenvalue weighted by Crippen LogP contribution is 2.25. The van der Waals surface area contributed by atoms with Crippen LogP contribution in [0.4, 0.5) is 5.69 Å². The SMILES string of the molecule is CCN(CCCNC(=O)c1ccc(OC)c(S(=O)(=O)NC(C)C)c1)c1ccccc1. The van der Waals surface area contributed by atoms with E-state index in [-0.39, 0.29) is 28.2 Å². The van der Waals surface area contributed by atoms with E-state index in [1.165, 1.54) is 19.2 Å². The molecule has 0 saturated heterocycles. The summed E-state index contributed by atoms with van der Waals surface area (Å²) < 4.78 is 32.8. The molecule has 0 unspecified atom stereocenters. The van der Waals surface area contributed by atoms with Crippen molar-refractivity contribution >= 4 is 21.6 Å². The highest BCUT2D eigenvalue weighted by atomic mass is 32.2. The Morgan fingerprint density at radius 1 is 1.13 bits per heavy atom. The van der Waals surface area contributed by atoms with Gasteiger partial charge < -0.3 is 15.0 Å². The Hall–Kier alpha value is -2.58. The van der Waals surface area contributed by atoms with Gasteiger partial charge in [0.25, 0.3) is 5.91 Å². The number of benzene rings is 2. The number of para-hydroxylation sites is 1. The summed E-state index contributed by atoms with van der Waals surface area (Å²) in [6.45, 7) is 7.73. The van der Waals surface area contributed by atoms with Gasteiger partial charge in [-0.1, -0.05) is 18.2 Å². The van der Waals surface area contributed by atoms with Gasteiger partial charge in [0, 0.05) is 36.9 Å². The molecule has 0 spiro atoms. The molecule has 0 fully saturated rings. The first kappa shape index (κ1) is 23.7. The van der Waals surface area contributed by atoms with Crippen LogP contribution in [0.2, 0.25) is 0 Å². The lowest BCUT2D eigenvalue weighted by atomic mass is 10.2. The number of ether oxygens (including phenoxy) is 1. The van der Waals surface area contributed by atoms with E-state index in [1.807, 2.05) is 18.2 Å². The zero-order valence-electron chi connectivity index (χ0n) is 18.0. The lowest BCUT2D eigenvalue weighted by Gasteiger charge is -2.23. The summed E-state index contributed by atoms with van der Waals surface area (Å²) in [5.41, 5.74) is 1.42. The molecule has 1 amide bonds. The Bertz CT molecular complexity index is 931. The molecule has 164 valence electrons. The number of amides is 1. The number of sulfonamides is 1. The fraction of sp³-hybridized carbons (Fsp3) is 0.409. The zero-order chi connectivity index (χ0) is 22.1. The second kappa shape index (κ2) is 11.0. The van der Waals surface area contributed by atoms with Gasteiger partial charge in [0.15, 0.2) is 0 Å². The maximum absolute atomic E-state index is 12.6. The standard InChI is InChI=1S/C22H31N3O4S/c1-5-25(19-10-7-6-8-11-19)15-9-14-23-22(26)18-12-13-20(29-4)21(16-18)30(27,28)24-17(2)3/h6-8,10-13,16-17,24H,5,9,14-15H2,1-4H3,(H,23,26). The lowest BCUT2D eigenvalue weighted by Crippen LogP contribution is -2.31. The molecule has 7 nitrogen and oxygen atoms in total. The minimum absolute atomic E-state index is 0.0485. The van der Waals surface area contributed by atoms with E-state index in [2.05, 4.69) is 34.0 Å². The highest BCUT2D eigenvalue weighted by Gasteiger charge is 2.22. The van der Waals surface area contributed by atoms with Crippen LogP contribution in [-0.2, 0) is 10.0 Å². The van der Waals surface area contributed by atoms with Crippen molar-refractivity contribution in [2.24, 2.45) is 0 Å². The third kappa shape index (κ3) is 6.47. The molecule has 0 aromatic heterocycles. The third-order valence-electron chi connectivity index (χ3n) is 4.50. The number of nitrogens with one attached hydrogen (secondary N) is 2. The molecule has 8 heteroatoms. The van der Waals surface area contributed by atoms with Gasteiger partial charge in [-0.2, -0.15) is 0 Å². The van der Waals surface area contributed by atoms with Crippen LogP contribution in [0, 0.1) is 0 Å². The first-order chi connectivity index (χ1) is 14.3. The van der Waals surface area contributed by atoms with Crippen LogP contribution in [-0.4, -0.2) is 47.1 Å². The van der Waals surface area contributed by atoms with Crippen LogP contribution in [0.15, 0.2) is 53.4 Å². The Labute approximate surface area is 179 Å². The number of methoxy groups -OCH3 is 1. The Morgan fingerprint density at radius 2 is 1.83 bits per heavy atom. The van der Waals surface area contributed by atoms with Crippen LogP contribution in [0.5, 0.6) is 5.75 Å². The van der Waals surface area contributed by atoms with Crippen molar-refractivity contribution in [1.29, 1.82) is 0 Å². The van der Waals surface area contributed by atoms with Gasteiger partial charge in [-0.15, -0.1) is 0 Å². The minimum atomic E-state index is -3.79. The molecule has 2 rings (SSSR count). The van der Waals surface area contributed by atoms with E-state index in [9.17, 15) is 13.2 Å². The molecule has 0 aliphatic carbocycles. The van der Waals surface area contributed by atoms with Crippen LogP contribution in [0.25, 0.3) is 0 Å². The third-order valence-corrected chi connectivity index (χ3v) is 6.18. The quantitative estimate of drug-likeness (QED) is 0.532. The molecule has 0 heterocycles. The Kier molecular flexibility index (Phi) is 8.68. The van der Waals surface area contributed by atoms with E-state index in [0.717, 1.165) is 25.2 Å². The summed E-state index contributed by atoms with van der Waals surface area (Å²) in [5, 5.41) is 2.87. The molecular formula is C22H31N3O4S. The van der Waals surface area contributed by atoms with Gasteiger partial charge in [-0.05, 0) is 57.5 Å². The molecule has 0 aliphatic rings. The van der Waals surface area contributed by atoms with Crippen molar-refractivity contribution in [1.82, 2.24) is 10.0 Å². The van der Waals surface area contributed by atoms with Gasteiger partial charge in [-0.25, -0.2) is 13.1 Å². The van der Waals surface area contributed by atoms with Crippen molar-refractivity contribution in [2.75, 3.05) is 31.6 Å². The van der Waals surface area contributed by atoms with Crippen LogP contribution < -0.4 is 19.7 Å². The molecule has 0 saturated carbocycles. The second-order valence-electron chi connectivity index (χ2n) is 7.17. The molecule has 2 N–H and O–H groups in total. The fourth-order valence-electron chi connectivity index (χ4n) is 3.08. The summed E-state index contributed by atoms with van der Waals surface area (Å²) >= 11 is 0. The topological polar surface area (TPSA) is 87.7 Å². The first-order valence-electron chi connectivity index (χ1n) is 10.1. The molecule has 30 heavy (non-hydrogen) atoms. The highest BCUT2D eigenvalue weighted by molar-refractivity contribution is 7.89. The number of anilines is 1. The van der Waals surface area contributed by atoms with E-state index < -0.39 is 10.0 Å². The average Bonchev–Trinajstić information content (AvgIpc) is 2.73. The fourth-order valence-corrected chi connectivity index (χ4v) is 4.53. The molecule has 0 radical (unpaired) electrons. The molecule has 0 bridgehead atoms. The van der Waals surface area contributed by atoms with Crippen molar-refractivity contribution in [3.05, 3.63) is 54.1 Å². The average molecular weight is 434 g/mol. The van der Waals surface area contributed by atoms with E-state index in [4.69, 9.17) is 4.74 Å². The predicted molar refractivity (Wildman–Crippen MR) is 120 cm³/mol. The largest absolute Gasteiger partial charge is 0.495 e. The maximum Gasteiger partial charge on any atom is 0.251 e. The number of carbonyl (C=O) groups excluding carboxylic acids is 1. The van der Waals surface area contributed by atoms with Gasteiger partial charge in [0.2, 0.25) is 10.0 Å². The monoisotopic (exact) mass is 433 g/mol. The van der Waals surface area contributed by atoms with Crippen LogP contribution >= 0.6 is 0 Å². The summed E-state index contributed by atoms with van der Waals surface area (Å²) in [6.07, 6.45) is 0.769. The summed E-state index contributed by atoms with van der Waals surface area (Å²) in [7, 11) is -2.39. The molecule has 0 atom stereocenters. The zero-order valence-corrected chi connectivity index (χ0v) is 18.8. The van der Waals surface area contributed by atoms with Gasteiger partial charge in [0.05, 0.1) is 7.11 Å². The van der Waals surface area contributed by atoms with Gasteiger partial charge in [0.1, 0.15) is 10.6 Å². The summed E-state index contributed by atoms with van der Waals surface area (Å²) in [5.74, 6) is -0.123. The van der Waals surface area contributed by atoms with Crippen LogP contribution in [0.3, 0.4) is 0 Å². The maximum atomic E-state index is 12.6. The normalized spacial score (nSPS) is 11.4. The minimum Gasteiger partial charge on any atom is -0.495 e. The number of hydrogen-bond donors (Lipinski definition) is 2. The molecule has 2 aromatic rings. The Morgan fingerprint density at radius 3 is 2.43 bits per heavy atom. The van der Waals surface area contributed by atoms with E-state index >= 15 is 0 Å². The first-order valence-corrected chi connectivity index (χ1v) is 11.6. The van der Waals surface area contributed by atoms with Crippen LogP contribution in [0.1, 0.15) is 37.6 Å². The second-order valence-corrected chi connectivity index (χ2v) is 8.85. The number of carbonyl (C=O) groups is 1. The van der Waals surface area contributed by atoms with Crippen molar-refractivity contribution in [3.63, 3.8) is 0 Å². The molecule has 0 aliphatic heterocycles. The Balaban J connectivity index is 2.01. The van der Waals surface area contributed by atoms with E-state index in [0.29, 0.717) is 6.54 Å². The van der Waals surface area contributed by atoms with Crippen molar-refractivity contribution in [2.45, 2.75) is 38.1 Å². The molecular weight excluding hydrogens is 402 g/mol. The van der Waals surface area contributed by atoms with Gasteiger partial charge >= 0.3 is 0 Å². The summed E-state index contributed by atoms with van der Waals surface area (Å²) in [6, 6.07) is 14.2. The predicted octanol–water partition coefficient (Wildman–Crippen LogP) is 3.03. The van der Waals surface area contributed by atoms with Crippen molar-refractivity contribution < 1.29 is 17.9 Å². The van der Waals surface area contributed by atoms with Gasteiger partial charge in [-0.3, -0.25) is 4.79 Å². The van der Waals surface area contributed by atoms with Crippen molar-refractivity contribution in [3.8, 4) is 5.75 Å². The summed E-state index contributed by atoms with van der Waals surface area (Å²) in [4.78, 5) is 14.7. The number of rotatable bonds is 11. The number of nitrogens with zero attached hydrogens (tertiary/aromatic N) is 1. The number of hydrogen-bond acceptors (Lipinski definition) is 5. The molecule has 2 aromatic carbocycles. The van der Waals surface area contributed by atoms with E-state index in [1.54, 1.807) is 19.9 Å². The smallest absolute Gasteiger partial charge is 0.251 e.